The molecule has 156 valence electrons. The van der Waals surface area contributed by atoms with Crippen molar-refractivity contribution in [1.29, 1.82) is 0 Å². The van der Waals surface area contributed by atoms with Gasteiger partial charge in [0.2, 0.25) is 0 Å². The highest BCUT2D eigenvalue weighted by molar-refractivity contribution is 6.43. The first-order valence-corrected chi connectivity index (χ1v) is 10.0. The molecule has 31 heavy (non-hydrogen) atoms. The van der Waals surface area contributed by atoms with E-state index >= 15 is 0 Å². The summed E-state index contributed by atoms with van der Waals surface area (Å²) >= 11 is 6.35. The number of rotatable bonds is 4. The van der Waals surface area contributed by atoms with Gasteiger partial charge in [-0.3, -0.25) is 9.59 Å². The molecule has 1 aliphatic rings. The van der Waals surface area contributed by atoms with Crippen LogP contribution in [0.5, 0.6) is 11.5 Å². The number of carbonyl (C=O) groups excluding carboxylic acids is 2. The molecule has 0 aliphatic carbocycles. The van der Waals surface area contributed by atoms with Crippen molar-refractivity contribution in [2.75, 3.05) is 19.1 Å². The van der Waals surface area contributed by atoms with Crippen LogP contribution in [0.15, 0.2) is 60.7 Å². The maximum Gasteiger partial charge on any atom is 0.265 e. The molecular formula is C25H20ClNO4. The van der Waals surface area contributed by atoms with Gasteiger partial charge in [-0.05, 0) is 60.0 Å². The standard InChI is InChI=1S/C25H20ClNO4/c1-15-7-6-8-17(11-15)27-24(28)19-10-5-4-9-18(19)20(25(27)29)12-16-13-21(26)23(31-3)22(14-16)30-2/h4-14H,1-3H3. The van der Waals surface area contributed by atoms with Crippen molar-refractivity contribution in [2.45, 2.75) is 6.92 Å². The largest absolute Gasteiger partial charge is 0.493 e. The second-order valence-electron chi connectivity index (χ2n) is 7.13. The number of hydrogen-bond donors (Lipinski definition) is 0. The lowest BCUT2D eigenvalue weighted by Gasteiger charge is -2.29. The van der Waals surface area contributed by atoms with Crippen LogP contribution in [-0.2, 0) is 4.79 Å². The highest BCUT2D eigenvalue weighted by atomic mass is 35.5. The van der Waals surface area contributed by atoms with Crippen LogP contribution in [0.4, 0.5) is 5.69 Å². The zero-order valence-corrected chi connectivity index (χ0v) is 18.1. The molecule has 2 amide bonds. The van der Waals surface area contributed by atoms with Crippen molar-refractivity contribution in [3.63, 3.8) is 0 Å². The Morgan fingerprint density at radius 1 is 0.871 bits per heavy atom. The van der Waals surface area contributed by atoms with Gasteiger partial charge in [0.05, 0.1) is 24.9 Å². The third-order valence-electron chi connectivity index (χ3n) is 5.11. The Balaban J connectivity index is 1.91. The van der Waals surface area contributed by atoms with Crippen LogP contribution in [0.2, 0.25) is 5.02 Å². The molecule has 1 heterocycles. The second kappa shape index (κ2) is 8.28. The Labute approximate surface area is 185 Å². The molecule has 0 saturated heterocycles. The maximum absolute atomic E-state index is 13.5. The van der Waals surface area contributed by atoms with Gasteiger partial charge in [0, 0.05) is 11.1 Å². The Morgan fingerprint density at radius 3 is 2.29 bits per heavy atom. The average molecular weight is 434 g/mol. The summed E-state index contributed by atoms with van der Waals surface area (Å²) in [6.45, 7) is 1.92. The van der Waals surface area contributed by atoms with Gasteiger partial charge in [0.25, 0.3) is 11.8 Å². The number of anilines is 1. The predicted octanol–water partition coefficient (Wildman–Crippen LogP) is 5.39. The topological polar surface area (TPSA) is 55.8 Å². The van der Waals surface area contributed by atoms with E-state index in [2.05, 4.69) is 0 Å². The Morgan fingerprint density at radius 2 is 1.61 bits per heavy atom. The summed E-state index contributed by atoms with van der Waals surface area (Å²) in [7, 11) is 3.03. The molecule has 0 bridgehead atoms. The molecule has 0 saturated carbocycles. The van der Waals surface area contributed by atoms with E-state index in [4.69, 9.17) is 21.1 Å². The average Bonchev–Trinajstić information content (AvgIpc) is 2.76. The summed E-state index contributed by atoms with van der Waals surface area (Å²) in [4.78, 5) is 27.9. The van der Waals surface area contributed by atoms with E-state index < -0.39 is 5.91 Å². The van der Waals surface area contributed by atoms with Crippen LogP contribution < -0.4 is 14.4 Å². The number of fused-ring (bicyclic) bond motifs is 1. The third kappa shape index (κ3) is 3.68. The minimum absolute atomic E-state index is 0.353. The van der Waals surface area contributed by atoms with Crippen LogP contribution in [0.25, 0.3) is 11.6 Å². The molecule has 1 aliphatic heterocycles. The zero-order chi connectivity index (χ0) is 22.1. The fraction of sp³-hybridized carbons (Fsp3) is 0.120. The van der Waals surface area contributed by atoms with Crippen LogP contribution >= 0.6 is 11.6 Å². The lowest BCUT2D eigenvalue weighted by molar-refractivity contribution is -0.112. The number of hydrogen-bond acceptors (Lipinski definition) is 4. The van der Waals surface area contributed by atoms with Crippen LogP contribution in [0.3, 0.4) is 0 Å². The van der Waals surface area contributed by atoms with E-state index in [0.717, 1.165) is 5.56 Å². The van der Waals surface area contributed by atoms with Crippen molar-refractivity contribution < 1.29 is 19.1 Å². The molecule has 0 radical (unpaired) electrons. The molecule has 0 spiro atoms. The van der Waals surface area contributed by atoms with Gasteiger partial charge in [-0.15, -0.1) is 0 Å². The van der Waals surface area contributed by atoms with E-state index in [1.165, 1.54) is 19.1 Å². The van der Waals surface area contributed by atoms with Crippen LogP contribution in [0.1, 0.15) is 27.0 Å². The van der Waals surface area contributed by atoms with E-state index in [9.17, 15) is 9.59 Å². The van der Waals surface area contributed by atoms with Gasteiger partial charge in [-0.25, -0.2) is 4.90 Å². The van der Waals surface area contributed by atoms with Gasteiger partial charge in [0.15, 0.2) is 11.5 Å². The van der Waals surface area contributed by atoms with Crippen LogP contribution in [-0.4, -0.2) is 26.0 Å². The summed E-state index contributed by atoms with van der Waals surface area (Å²) < 4.78 is 10.7. The molecule has 0 aromatic heterocycles. The van der Waals surface area contributed by atoms with Gasteiger partial charge in [0.1, 0.15) is 0 Å². The van der Waals surface area contributed by atoms with Gasteiger partial charge in [-0.1, -0.05) is 41.9 Å². The predicted molar refractivity (Wildman–Crippen MR) is 122 cm³/mol. The minimum atomic E-state index is -0.403. The molecule has 0 N–H and O–H groups in total. The Kier molecular flexibility index (Phi) is 5.53. The normalized spacial score (nSPS) is 14.6. The van der Waals surface area contributed by atoms with Crippen molar-refractivity contribution in [3.8, 4) is 11.5 Å². The number of methoxy groups -OCH3 is 2. The fourth-order valence-corrected chi connectivity index (χ4v) is 3.98. The summed E-state index contributed by atoms with van der Waals surface area (Å²) in [6, 6.07) is 17.8. The summed E-state index contributed by atoms with van der Waals surface area (Å²) in [5, 5.41) is 0.358. The van der Waals surface area contributed by atoms with E-state index in [-0.39, 0.29) is 5.91 Å². The molecular weight excluding hydrogens is 414 g/mol. The highest BCUT2D eigenvalue weighted by Gasteiger charge is 2.35. The first-order valence-electron chi connectivity index (χ1n) is 9.62. The highest BCUT2D eigenvalue weighted by Crippen LogP contribution is 2.38. The summed E-state index contributed by atoms with van der Waals surface area (Å²) in [5.74, 6) is 0.108. The number of benzene rings is 3. The molecule has 4 rings (SSSR count). The molecule has 6 heteroatoms. The van der Waals surface area contributed by atoms with Crippen molar-refractivity contribution >= 4 is 40.8 Å². The van der Waals surface area contributed by atoms with Crippen molar-refractivity contribution in [2.24, 2.45) is 0 Å². The molecule has 5 nitrogen and oxygen atoms in total. The van der Waals surface area contributed by atoms with E-state index in [1.54, 1.807) is 48.5 Å². The van der Waals surface area contributed by atoms with Crippen molar-refractivity contribution in [1.82, 2.24) is 0 Å². The number of imide groups is 1. The lowest BCUT2D eigenvalue weighted by atomic mass is 9.91. The SMILES string of the molecule is COc1cc(C=C2C(=O)N(c3cccc(C)c3)C(=O)c3ccccc32)cc(Cl)c1OC. The maximum atomic E-state index is 13.5. The van der Waals surface area contributed by atoms with Gasteiger partial charge in [-0.2, -0.15) is 0 Å². The summed E-state index contributed by atoms with van der Waals surface area (Å²) in [5.41, 5.74) is 3.56. The van der Waals surface area contributed by atoms with E-state index in [1.807, 2.05) is 25.1 Å². The minimum Gasteiger partial charge on any atom is -0.493 e. The van der Waals surface area contributed by atoms with Crippen molar-refractivity contribution in [3.05, 3.63) is 87.9 Å². The first kappa shape index (κ1) is 20.7. The molecule has 3 aromatic carbocycles. The quantitative estimate of drug-likeness (QED) is 0.408. The number of halogens is 1. The zero-order valence-electron chi connectivity index (χ0n) is 17.3. The van der Waals surface area contributed by atoms with Crippen LogP contribution in [0, 0.1) is 6.92 Å². The summed E-state index contributed by atoms with van der Waals surface area (Å²) in [6.07, 6.45) is 1.71. The number of aryl methyl sites for hydroxylation is 1. The fourth-order valence-electron chi connectivity index (χ4n) is 3.68. The number of ether oxygens (including phenoxy) is 2. The molecule has 0 atom stereocenters. The Bertz CT molecular complexity index is 1230. The monoisotopic (exact) mass is 433 g/mol. The first-order chi connectivity index (χ1) is 14.9. The number of nitrogens with zero attached hydrogens (tertiary/aromatic N) is 1. The number of carbonyl (C=O) groups is 2. The second-order valence-corrected chi connectivity index (χ2v) is 7.53. The Hall–Kier alpha value is -3.57. The van der Waals surface area contributed by atoms with E-state index in [0.29, 0.717) is 44.5 Å². The smallest absolute Gasteiger partial charge is 0.265 e. The molecule has 3 aromatic rings. The van der Waals surface area contributed by atoms with Gasteiger partial charge >= 0.3 is 0 Å². The lowest BCUT2D eigenvalue weighted by Crippen LogP contribution is -2.41. The van der Waals surface area contributed by atoms with Gasteiger partial charge < -0.3 is 9.47 Å². The number of amides is 2. The molecule has 0 unspecified atom stereocenters. The third-order valence-corrected chi connectivity index (χ3v) is 5.39. The molecule has 0 fully saturated rings.